The number of alkyl halides is 6. The van der Waals surface area contributed by atoms with E-state index in [4.69, 9.17) is 4.74 Å². The summed E-state index contributed by atoms with van der Waals surface area (Å²) in [7, 11) is 2.80. The first-order chi connectivity index (χ1) is 20.0. The predicted octanol–water partition coefficient (Wildman–Crippen LogP) is 5.67. The zero-order chi connectivity index (χ0) is 31.9. The second-order valence-corrected chi connectivity index (χ2v) is 10.8. The number of hydrogen-bond donors (Lipinski definition) is 2. The molecule has 1 aliphatic heterocycles. The molecule has 0 spiro atoms. The molecule has 13 heteroatoms. The van der Waals surface area contributed by atoms with E-state index in [1.54, 1.807) is 35.2 Å². The average molecular weight is 612 g/mol. The molecule has 1 aromatic heterocycles. The standard InChI is InChI=1S/C30H31F6N3O4/c1-28(2,17-11-18(29(31,32)33)13-19(12-17)30(34,35)36)27(42)38(3)22-15-37-26(39-10-9-24(41)23(39)16-40)14-21(22)20-7-5-6-8-25(20)43-4/h5-8,11-15,23-24,40-41H,9-10,16H2,1-4H3/t23-,24+/m1/s1. The Balaban J connectivity index is 1.84. The van der Waals surface area contributed by atoms with Crippen molar-refractivity contribution >= 4 is 17.4 Å². The second-order valence-electron chi connectivity index (χ2n) is 10.8. The van der Waals surface area contributed by atoms with Crippen LogP contribution in [0.2, 0.25) is 0 Å². The van der Waals surface area contributed by atoms with Gasteiger partial charge in [-0.05, 0) is 56.2 Å². The summed E-state index contributed by atoms with van der Waals surface area (Å²) in [6.07, 6.45) is -9.19. The first-order valence-corrected chi connectivity index (χ1v) is 13.3. The van der Waals surface area contributed by atoms with Gasteiger partial charge in [0, 0.05) is 24.7 Å². The van der Waals surface area contributed by atoms with Crippen LogP contribution in [0.1, 0.15) is 37.0 Å². The molecule has 4 rings (SSSR count). The molecule has 0 radical (unpaired) electrons. The number of aromatic nitrogens is 1. The first-order valence-electron chi connectivity index (χ1n) is 13.3. The number of carbonyl (C=O) groups is 1. The first kappa shape index (κ1) is 32.1. The monoisotopic (exact) mass is 611 g/mol. The number of anilines is 2. The van der Waals surface area contributed by atoms with Crippen molar-refractivity contribution in [3.63, 3.8) is 0 Å². The number of pyridine rings is 1. The highest BCUT2D eigenvalue weighted by Gasteiger charge is 2.41. The van der Waals surface area contributed by atoms with E-state index in [0.29, 0.717) is 47.8 Å². The highest BCUT2D eigenvalue weighted by Crippen LogP contribution is 2.42. The van der Waals surface area contributed by atoms with Crippen molar-refractivity contribution in [1.82, 2.24) is 4.98 Å². The Morgan fingerprint density at radius 3 is 2.14 bits per heavy atom. The number of carbonyl (C=O) groups excluding carboxylic acids is 1. The Morgan fingerprint density at radius 1 is 1.00 bits per heavy atom. The summed E-state index contributed by atoms with van der Waals surface area (Å²) in [4.78, 5) is 21.2. The number of methoxy groups -OCH3 is 1. The number of halogens is 6. The zero-order valence-electron chi connectivity index (χ0n) is 23.8. The van der Waals surface area contributed by atoms with Gasteiger partial charge in [-0.2, -0.15) is 26.3 Å². The van der Waals surface area contributed by atoms with Crippen LogP contribution in [-0.4, -0.2) is 60.6 Å². The minimum Gasteiger partial charge on any atom is -0.496 e. The number of likely N-dealkylation sites (N-methyl/N-ethyl adjacent to an activating group) is 1. The molecule has 0 unspecified atom stereocenters. The Bertz CT molecular complexity index is 1460. The summed E-state index contributed by atoms with van der Waals surface area (Å²) in [5.74, 6) is 0.0115. The van der Waals surface area contributed by atoms with E-state index in [9.17, 15) is 41.4 Å². The number of aliphatic hydroxyl groups is 2. The van der Waals surface area contributed by atoms with Crippen LogP contribution >= 0.6 is 0 Å². The Labute approximate surface area is 244 Å². The van der Waals surface area contributed by atoms with Crippen molar-refractivity contribution < 1.29 is 46.1 Å². The minimum absolute atomic E-state index is 0.0190. The van der Waals surface area contributed by atoms with Crippen LogP contribution in [0, 0.1) is 0 Å². The lowest BCUT2D eigenvalue weighted by Gasteiger charge is -2.32. The summed E-state index contributed by atoms with van der Waals surface area (Å²) in [5.41, 5.74) is -4.19. The molecule has 2 N–H and O–H groups in total. The van der Waals surface area contributed by atoms with Gasteiger partial charge < -0.3 is 24.7 Å². The second kappa shape index (κ2) is 11.7. The summed E-state index contributed by atoms with van der Waals surface area (Å²) in [6, 6.07) is 9.00. The fourth-order valence-electron chi connectivity index (χ4n) is 5.25. The molecule has 1 fully saturated rings. The maximum atomic E-state index is 13.9. The number of benzene rings is 2. The number of ether oxygens (including phenoxy) is 1. The summed E-state index contributed by atoms with van der Waals surface area (Å²) in [5, 5.41) is 20.1. The molecule has 43 heavy (non-hydrogen) atoms. The van der Waals surface area contributed by atoms with Crippen LogP contribution in [-0.2, 0) is 22.6 Å². The molecule has 0 bridgehead atoms. The number of rotatable bonds is 7. The van der Waals surface area contributed by atoms with Gasteiger partial charge in [-0.25, -0.2) is 4.98 Å². The van der Waals surface area contributed by atoms with Crippen LogP contribution in [0.4, 0.5) is 37.8 Å². The minimum atomic E-state index is -5.08. The van der Waals surface area contributed by atoms with Crippen LogP contribution in [0.25, 0.3) is 11.1 Å². The zero-order valence-corrected chi connectivity index (χ0v) is 23.8. The highest BCUT2D eigenvalue weighted by molar-refractivity contribution is 6.03. The van der Waals surface area contributed by atoms with E-state index in [2.05, 4.69) is 4.98 Å². The average Bonchev–Trinajstić information content (AvgIpc) is 3.34. The van der Waals surface area contributed by atoms with E-state index in [0.717, 1.165) is 4.90 Å². The van der Waals surface area contributed by atoms with E-state index >= 15 is 0 Å². The van der Waals surface area contributed by atoms with E-state index < -0.39 is 52.5 Å². The number of hydrogen-bond acceptors (Lipinski definition) is 6. The van der Waals surface area contributed by atoms with Gasteiger partial charge in [-0.15, -0.1) is 0 Å². The summed E-state index contributed by atoms with van der Waals surface area (Å²) < 4.78 is 87.0. The molecule has 2 heterocycles. The Hall–Kier alpha value is -3.84. The van der Waals surface area contributed by atoms with Crippen molar-refractivity contribution in [2.24, 2.45) is 0 Å². The van der Waals surface area contributed by atoms with Crippen molar-refractivity contribution in [1.29, 1.82) is 0 Å². The molecule has 0 aliphatic carbocycles. The molecule has 232 valence electrons. The number of nitrogens with zero attached hydrogens (tertiary/aromatic N) is 3. The van der Waals surface area contributed by atoms with Crippen LogP contribution in [0.15, 0.2) is 54.7 Å². The Kier molecular flexibility index (Phi) is 8.72. The molecule has 3 aromatic rings. The van der Waals surface area contributed by atoms with Crippen LogP contribution < -0.4 is 14.5 Å². The summed E-state index contributed by atoms with van der Waals surface area (Å²) >= 11 is 0. The summed E-state index contributed by atoms with van der Waals surface area (Å²) in [6.45, 7) is 2.56. The maximum absolute atomic E-state index is 13.9. The van der Waals surface area contributed by atoms with Gasteiger partial charge in [0.1, 0.15) is 11.6 Å². The van der Waals surface area contributed by atoms with E-state index in [-0.39, 0.29) is 18.4 Å². The molecule has 0 saturated carbocycles. The van der Waals surface area contributed by atoms with Gasteiger partial charge in [-0.3, -0.25) is 4.79 Å². The van der Waals surface area contributed by atoms with Crippen molar-refractivity contribution in [3.8, 4) is 16.9 Å². The van der Waals surface area contributed by atoms with Gasteiger partial charge >= 0.3 is 12.4 Å². The van der Waals surface area contributed by atoms with E-state index in [1.165, 1.54) is 34.2 Å². The topological polar surface area (TPSA) is 86.1 Å². The molecule has 2 atom stereocenters. The van der Waals surface area contributed by atoms with Crippen molar-refractivity contribution in [2.75, 3.05) is 37.1 Å². The number of para-hydroxylation sites is 1. The van der Waals surface area contributed by atoms with E-state index in [1.807, 2.05) is 0 Å². The lowest BCUT2D eigenvalue weighted by Crippen LogP contribution is -2.42. The van der Waals surface area contributed by atoms with Crippen LogP contribution in [0.5, 0.6) is 5.75 Å². The van der Waals surface area contributed by atoms with Gasteiger partial charge in [-0.1, -0.05) is 18.2 Å². The van der Waals surface area contributed by atoms with Crippen molar-refractivity contribution in [3.05, 3.63) is 71.4 Å². The number of amides is 1. The third-order valence-electron chi connectivity index (χ3n) is 7.77. The highest BCUT2D eigenvalue weighted by atomic mass is 19.4. The third kappa shape index (κ3) is 6.28. The van der Waals surface area contributed by atoms with Gasteiger partial charge in [0.05, 0.1) is 54.3 Å². The molecule has 1 aliphatic rings. The predicted molar refractivity (Wildman–Crippen MR) is 148 cm³/mol. The smallest absolute Gasteiger partial charge is 0.416 e. The molecule has 7 nitrogen and oxygen atoms in total. The normalized spacial score (nSPS) is 17.7. The lowest BCUT2D eigenvalue weighted by molar-refractivity contribution is -0.143. The quantitative estimate of drug-likeness (QED) is 0.335. The third-order valence-corrected chi connectivity index (χ3v) is 7.77. The fourth-order valence-corrected chi connectivity index (χ4v) is 5.25. The molecule has 1 saturated heterocycles. The largest absolute Gasteiger partial charge is 0.496 e. The molecule has 1 amide bonds. The molecular formula is C30H31F6N3O4. The lowest BCUT2D eigenvalue weighted by atomic mass is 9.81. The number of aliphatic hydroxyl groups excluding tert-OH is 2. The van der Waals surface area contributed by atoms with Crippen LogP contribution in [0.3, 0.4) is 0 Å². The Morgan fingerprint density at radius 2 is 1.58 bits per heavy atom. The van der Waals surface area contributed by atoms with Gasteiger partial charge in [0.25, 0.3) is 0 Å². The van der Waals surface area contributed by atoms with Gasteiger partial charge in [0.15, 0.2) is 0 Å². The van der Waals surface area contributed by atoms with Gasteiger partial charge in [0.2, 0.25) is 5.91 Å². The maximum Gasteiger partial charge on any atom is 0.416 e. The fraction of sp³-hybridized carbons (Fsp3) is 0.400. The molecular weight excluding hydrogens is 580 g/mol. The SMILES string of the molecule is COc1ccccc1-c1cc(N2CC[C@H](O)[C@H]2CO)ncc1N(C)C(=O)C(C)(C)c1cc(C(F)(F)F)cc(C(F)(F)F)c1. The molecule has 2 aromatic carbocycles. The van der Waals surface area contributed by atoms with Crippen molar-refractivity contribution in [2.45, 2.75) is 50.2 Å².